The Morgan fingerprint density at radius 2 is 2.25 bits per heavy atom. The molecule has 1 N–H and O–H groups in total. The largest absolute Gasteiger partial charge is 0.310 e. The Hall–Kier alpha value is -1.30. The quantitative estimate of drug-likeness (QED) is 0.774. The van der Waals surface area contributed by atoms with E-state index in [9.17, 15) is 13.6 Å². The van der Waals surface area contributed by atoms with E-state index >= 15 is 0 Å². The highest BCUT2D eigenvalue weighted by Gasteiger charge is 2.43. The number of nitrogens with zero attached hydrogens (tertiary/aromatic N) is 2. The van der Waals surface area contributed by atoms with Crippen LogP contribution >= 0.6 is 11.6 Å². The van der Waals surface area contributed by atoms with Gasteiger partial charge in [-0.25, -0.2) is 18.7 Å². The van der Waals surface area contributed by atoms with Gasteiger partial charge in [-0.1, -0.05) is 11.6 Å². The minimum Gasteiger partial charge on any atom is -0.310 e. The first-order chi connectivity index (χ1) is 7.39. The monoisotopic (exact) mass is 247 g/mol. The summed E-state index contributed by atoms with van der Waals surface area (Å²) in [5, 5.41) is 2.35. The van der Waals surface area contributed by atoms with E-state index in [2.05, 4.69) is 15.3 Å². The van der Waals surface area contributed by atoms with Crippen molar-refractivity contribution in [1.29, 1.82) is 0 Å². The molecular formula is C9H8ClF2N3O. The molecule has 7 heteroatoms. The van der Waals surface area contributed by atoms with Crippen molar-refractivity contribution in [2.45, 2.75) is 25.2 Å². The Labute approximate surface area is 95.0 Å². The van der Waals surface area contributed by atoms with Crippen molar-refractivity contribution in [3.8, 4) is 0 Å². The molecule has 0 fully saturated rings. The summed E-state index contributed by atoms with van der Waals surface area (Å²) in [5.41, 5.74) is 0.108. The number of hydrogen-bond donors (Lipinski definition) is 1. The highest BCUT2D eigenvalue weighted by Crippen LogP contribution is 2.43. The van der Waals surface area contributed by atoms with Crippen LogP contribution in [-0.4, -0.2) is 21.8 Å². The van der Waals surface area contributed by atoms with E-state index in [-0.39, 0.29) is 23.0 Å². The molecule has 4 nitrogen and oxygen atoms in total. The Morgan fingerprint density at radius 1 is 1.56 bits per heavy atom. The van der Waals surface area contributed by atoms with Crippen LogP contribution in [0.2, 0.25) is 5.15 Å². The standard InChI is InChI=1S/C9H8ClF2N3O/c1-9(11,12)4-2-5(16)15-8-6(4)7(10)13-3-14-8/h3-4H,2H2,1H3,(H,13,14,15,16). The van der Waals surface area contributed by atoms with Gasteiger partial charge >= 0.3 is 0 Å². The van der Waals surface area contributed by atoms with Gasteiger partial charge in [0.05, 0.1) is 5.92 Å². The summed E-state index contributed by atoms with van der Waals surface area (Å²) in [6, 6.07) is 0. The van der Waals surface area contributed by atoms with Gasteiger partial charge in [0.2, 0.25) is 5.91 Å². The van der Waals surface area contributed by atoms with Crippen molar-refractivity contribution in [3.63, 3.8) is 0 Å². The third-order valence-corrected chi connectivity index (χ3v) is 2.74. The van der Waals surface area contributed by atoms with E-state index in [0.717, 1.165) is 13.3 Å². The van der Waals surface area contributed by atoms with E-state index < -0.39 is 17.7 Å². The fraction of sp³-hybridized carbons (Fsp3) is 0.444. The first kappa shape index (κ1) is 11.2. The summed E-state index contributed by atoms with van der Waals surface area (Å²) in [6.45, 7) is 0.753. The zero-order valence-corrected chi connectivity index (χ0v) is 9.05. The van der Waals surface area contributed by atoms with Crippen LogP contribution in [0.5, 0.6) is 0 Å². The molecule has 1 aromatic heterocycles. The molecule has 0 aromatic carbocycles. The number of aromatic nitrogens is 2. The van der Waals surface area contributed by atoms with Crippen LogP contribution in [0.3, 0.4) is 0 Å². The second-order valence-corrected chi connectivity index (χ2v) is 4.05. The van der Waals surface area contributed by atoms with Crippen LogP contribution in [0.25, 0.3) is 0 Å². The number of fused-ring (bicyclic) bond motifs is 1. The summed E-state index contributed by atoms with van der Waals surface area (Å²) >= 11 is 5.75. The minimum absolute atomic E-state index is 0.0449. The van der Waals surface area contributed by atoms with E-state index in [1.165, 1.54) is 0 Å². The highest BCUT2D eigenvalue weighted by molar-refractivity contribution is 6.30. The molecule has 1 atom stereocenters. The maximum Gasteiger partial charge on any atom is 0.252 e. The Morgan fingerprint density at radius 3 is 2.88 bits per heavy atom. The maximum absolute atomic E-state index is 13.3. The molecule has 0 aliphatic carbocycles. The molecule has 2 heterocycles. The highest BCUT2D eigenvalue weighted by atomic mass is 35.5. The topological polar surface area (TPSA) is 54.9 Å². The number of hydrogen-bond acceptors (Lipinski definition) is 3. The number of carbonyl (C=O) groups excluding carboxylic acids is 1. The van der Waals surface area contributed by atoms with Crippen LogP contribution in [0.4, 0.5) is 14.6 Å². The smallest absolute Gasteiger partial charge is 0.252 e. The SMILES string of the molecule is CC(F)(F)C1CC(=O)Nc2ncnc(Cl)c21. The summed E-state index contributed by atoms with van der Waals surface area (Å²) in [5.74, 6) is -4.73. The van der Waals surface area contributed by atoms with E-state index in [1.54, 1.807) is 0 Å². The van der Waals surface area contributed by atoms with Gasteiger partial charge in [0.1, 0.15) is 17.3 Å². The molecule has 0 radical (unpaired) electrons. The van der Waals surface area contributed by atoms with Gasteiger partial charge in [-0.15, -0.1) is 0 Å². The lowest BCUT2D eigenvalue weighted by molar-refractivity contribution is -0.119. The molecule has 0 spiro atoms. The number of amides is 1. The Bertz CT molecular complexity index is 447. The van der Waals surface area contributed by atoms with Crippen molar-refractivity contribution >= 4 is 23.3 Å². The average molecular weight is 248 g/mol. The lowest BCUT2D eigenvalue weighted by Crippen LogP contribution is -2.33. The zero-order chi connectivity index (χ0) is 11.9. The van der Waals surface area contributed by atoms with Gasteiger partial charge in [0.25, 0.3) is 5.92 Å². The number of carbonyl (C=O) groups is 1. The molecular weight excluding hydrogens is 240 g/mol. The second-order valence-electron chi connectivity index (χ2n) is 3.69. The average Bonchev–Trinajstić information content (AvgIpc) is 2.15. The molecule has 0 saturated carbocycles. The fourth-order valence-electron chi connectivity index (χ4n) is 1.69. The van der Waals surface area contributed by atoms with Crippen LogP contribution in [0, 0.1) is 0 Å². The van der Waals surface area contributed by atoms with Gasteiger partial charge in [-0.05, 0) is 6.92 Å². The van der Waals surface area contributed by atoms with Crippen LogP contribution in [0.1, 0.15) is 24.8 Å². The molecule has 16 heavy (non-hydrogen) atoms. The van der Waals surface area contributed by atoms with Crippen molar-refractivity contribution < 1.29 is 13.6 Å². The second kappa shape index (κ2) is 3.62. The molecule has 0 bridgehead atoms. The van der Waals surface area contributed by atoms with Crippen LogP contribution in [-0.2, 0) is 4.79 Å². The molecule has 1 unspecified atom stereocenters. The zero-order valence-electron chi connectivity index (χ0n) is 8.30. The van der Waals surface area contributed by atoms with Crippen molar-refractivity contribution in [2.24, 2.45) is 0 Å². The normalized spacial score (nSPS) is 20.2. The Kier molecular flexibility index (Phi) is 2.53. The number of rotatable bonds is 1. The molecule has 1 amide bonds. The molecule has 2 rings (SSSR count). The van der Waals surface area contributed by atoms with Gasteiger partial charge in [0.15, 0.2) is 0 Å². The maximum atomic E-state index is 13.3. The van der Waals surface area contributed by atoms with Crippen LogP contribution < -0.4 is 5.32 Å². The van der Waals surface area contributed by atoms with Gasteiger partial charge in [0, 0.05) is 12.0 Å². The van der Waals surface area contributed by atoms with E-state index in [0.29, 0.717) is 0 Å². The minimum atomic E-state index is -3.04. The summed E-state index contributed by atoms with van der Waals surface area (Å²) in [6.07, 6.45) is 0.807. The summed E-state index contributed by atoms with van der Waals surface area (Å²) < 4.78 is 26.7. The first-order valence-electron chi connectivity index (χ1n) is 4.57. The lowest BCUT2D eigenvalue weighted by Gasteiger charge is -2.29. The number of halogens is 3. The third kappa shape index (κ3) is 1.84. The molecule has 1 aliphatic heterocycles. The summed E-state index contributed by atoms with van der Waals surface area (Å²) in [4.78, 5) is 18.6. The predicted molar refractivity (Wildman–Crippen MR) is 53.7 cm³/mol. The number of alkyl halides is 2. The van der Waals surface area contributed by atoms with Gasteiger partial charge in [-0.3, -0.25) is 4.79 Å². The summed E-state index contributed by atoms with van der Waals surface area (Å²) in [7, 11) is 0. The van der Waals surface area contributed by atoms with Gasteiger partial charge < -0.3 is 5.32 Å². The molecule has 86 valence electrons. The van der Waals surface area contributed by atoms with Crippen LogP contribution in [0.15, 0.2) is 6.33 Å². The van der Waals surface area contributed by atoms with Gasteiger partial charge in [-0.2, -0.15) is 0 Å². The number of nitrogens with one attached hydrogen (secondary N) is 1. The third-order valence-electron chi connectivity index (χ3n) is 2.44. The first-order valence-corrected chi connectivity index (χ1v) is 4.95. The van der Waals surface area contributed by atoms with Crippen molar-refractivity contribution in [1.82, 2.24) is 9.97 Å². The lowest BCUT2D eigenvalue weighted by atomic mass is 9.88. The fourth-order valence-corrected chi connectivity index (χ4v) is 1.95. The van der Waals surface area contributed by atoms with Crippen molar-refractivity contribution in [3.05, 3.63) is 17.0 Å². The molecule has 1 aliphatic rings. The van der Waals surface area contributed by atoms with Crippen molar-refractivity contribution in [2.75, 3.05) is 5.32 Å². The van der Waals surface area contributed by atoms with E-state index in [4.69, 9.17) is 11.6 Å². The Balaban J connectivity index is 2.56. The molecule has 0 saturated heterocycles. The number of anilines is 1. The predicted octanol–water partition coefficient (Wildman–Crippen LogP) is 2.21. The van der Waals surface area contributed by atoms with E-state index in [1.807, 2.05) is 0 Å². The molecule has 1 aromatic rings.